The first-order valence-electron chi connectivity index (χ1n) is 11.2. The highest BCUT2D eigenvalue weighted by Crippen LogP contribution is 2.33. The number of hydrogen-bond acceptors (Lipinski definition) is 3. The second-order valence-corrected chi connectivity index (χ2v) is 11.4. The van der Waals surface area contributed by atoms with Gasteiger partial charge in [-0.1, -0.05) is 93.6 Å². The molecule has 176 valence electrons. The lowest BCUT2D eigenvalue weighted by atomic mass is 9.91. The van der Waals surface area contributed by atoms with E-state index >= 15 is 0 Å². The average Bonchev–Trinajstić information content (AvgIpc) is 2.75. The van der Waals surface area contributed by atoms with E-state index in [1.165, 1.54) is 19.3 Å². The second kappa shape index (κ2) is 13.5. The van der Waals surface area contributed by atoms with Crippen LogP contribution in [-0.2, 0) is 9.53 Å². The van der Waals surface area contributed by atoms with Crippen molar-refractivity contribution >= 4 is 41.7 Å². The van der Waals surface area contributed by atoms with Crippen molar-refractivity contribution in [2.45, 2.75) is 69.7 Å². The number of carbonyl (C=O) groups is 1. The van der Waals surface area contributed by atoms with E-state index in [9.17, 15) is 4.79 Å². The van der Waals surface area contributed by atoms with Crippen LogP contribution >= 0.6 is 35.8 Å². The molecule has 1 aliphatic carbocycles. The molecule has 0 spiro atoms. The third-order valence-electron chi connectivity index (χ3n) is 5.08. The van der Waals surface area contributed by atoms with Crippen molar-refractivity contribution in [1.29, 1.82) is 0 Å². The first-order valence-corrected chi connectivity index (χ1v) is 12.4. The third-order valence-corrected chi connectivity index (χ3v) is 5.58. The zero-order valence-electron chi connectivity index (χ0n) is 19.3. The number of rotatable bonds is 2. The number of ether oxygens (including phenoxy) is 1. The van der Waals surface area contributed by atoms with Crippen LogP contribution in [0.15, 0.2) is 54.6 Å². The number of carbonyl (C=O) groups excluding carboxylic acids is 1. The molecule has 1 amide bonds. The molecule has 1 saturated carbocycles. The highest BCUT2D eigenvalue weighted by molar-refractivity contribution is 7.81. The van der Waals surface area contributed by atoms with Gasteiger partial charge >= 0.3 is 0 Å². The van der Waals surface area contributed by atoms with Gasteiger partial charge in [-0.05, 0) is 42.7 Å². The first-order chi connectivity index (χ1) is 15.1. The van der Waals surface area contributed by atoms with E-state index in [0.29, 0.717) is 12.6 Å². The van der Waals surface area contributed by atoms with E-state index in [2.05, 4.69) is 38.3 Å². The predicted octanol–water partition coefficient (Wildman–Crippen LogP) is 7.63. The number of amides is 1. The zero-order valence-corrected chi connectivity index (χ0v) is 21.7. The van der Waals surface area contributed by atoms with E-state index in [1.807, 2.05) is 54.6 Å². The molecule has 0 bridgehead atoms. The molecule has 6 heteroatoms. The van der Waals surface area contributed by atoms with Gasteiger partial charge in [-0.2, -0.15) is 12.6 Å². The van der Waals surface area contributed by atoms with Crippen LogP contribution in [0.25, 0.3) is 0 Å². The Morgan fingerprint density at radius 2 is 1.44 bits per heavy atom. The molecule has 0 aromatic heterocycles. The average molecular weight is 497 g/mol. The van der Waals surface area contributed by atoms with Crippen LogP contribution in [0.5, 0.6) is 0 Å². The molecule has 4 rings (SSSR count). The van der Waals surface area contributed by atoms with Gasteiger partial charge in [0.15, 0.2) is 0 Å². The maximum Gasteiger partial charge on any atom is 0.249 e. The van der Waals surface area contributed by atoms with Gasteiger partial charge < -0.3 is 9.64 Å². The summed E-state index contributed by atoms with van der Waals surface area (Å²) in [5.41, 5.74) is 1.12. The summed E-state index contributed by atoms with van der Waals surface area (Å²) in [6, 6.07) is 17.6. The molecule has 2 aromatic carbocycles. The summed E-state index contributed by atoms with van der Waals surface area (Å²) in [4.78, 5) is 14.4. The number of thiol groups is 1. The molecule has 1 heterocycles. The molecule has 1 aliphatic heterocycles. The van der Waals surface area contributed by atoms with Gasteiger partial charge in [-0.3, -0.25) is 4.79 Å². The maximum absolute atomic E-state index is 12.3. The second-order valence-electron chi connectivity index (χ2n) is 9.14. The number of halogens is 2. The largest absolute Gasteiger partial charge is 0.369 e. The van der Waals surface area contributed by atoms with Crippen molar-refractivity contribution in [3.63, 3.8) is 0 Å². The molecular formula is C26H35Cl2NO2S. The summed E-state index contributed by atoms with van der Waals surface area (Å²) < 4.78 is 5.67. The lowest BCUT2D eigenvalue weighted by molar-refractivity contribution is -0.153. The topological polar surface area (TPSA) is 29.5 Å². The van der Waals surface area contributed by atoms with Crippen LogP contribution in [0.4, 0.5) is 0 Å². The molecule has 1 unspecified atom stereocenters. The minimum Gasteiger partial charge on any atom is -0.369 e. The first kappa shape index (κ1) is 27.0. The normalized spacial score (nSPS) is 19.4. The van der Waals surface area contributed by atoms with Crippen molar-refractivity contribution < 1.29 is 9.53 Å². The van der Waals surface area contributed by atoms with Crippen molar-refractivity contribution in [2.75, 3.05) is 13.2 Å². The summed E-state index contributed by atoms with van der Waals surface area (Å²) >= 11 is 15.6. The Kier molecular flexibility index (Phi) is 11.4. The molecule has 1 atom stereocenters. The molecule has 2 aliphatic rings. The van der Waals surface area contributed by atoms with Crippen LogP contribution in [0, 0.1) is 0 Å². The quantitative estimate of drug-likeness (QED) is 0.433. The number of benzene rings is 2. The van der Waals surface area contributed by atoms with Crippen molar-refractivity contribution in [2.24, 2.45) is 0 Å². The number of hydrogen-bond donors (Lipinski definition) is 1. The molecule has 3 nitrogen and oxygen atoms in total. The SMILES string of the molecule is CC(C)(C)S.Clc1ccccc1.O=C1COCC(c2ccc(Cl)cc2)N1C1CCCCC1. The summed E-state index contributed by atoms with van der Waals surface area (Å²) in [6.45, 7) is 6.97. The minimum atomic E-state index is 0.0385. The fourth-order valence-corrected chi connectivity index (χ4v) is 4.03. The van der Waals surface area contributed by atoms with E-state index < -0.39 is 0 Å². The van der Waals surface area contributed by atoms with E-state index in [0.717, 1.165) is 28.5 Å². The van der Waals surface area contributed by atoms with Crippen LogP contribution in [0.3, 0.4) is 0 Å². The van der Waals surface area contributed by atoms with Gasteiger partial charge in [0.05, 0.1) is 12.6 Å². The molecule has 0 N–H and O–H groups in total. The standard InChI is InChI=1S/C16H20ClNO2.C6H5Cl.C4H10S/c17-13-8-6-12(7-9-13)15-10-20-11-16(19)18(15)14-4-2-1-3-5-14;7-6-4-2-1-3-5-6;1-4(2,3)5/h6-9,14-15H,1-5,10-11H2;1-5H;5H,1-3H3. The monoisotopic (exact) mass is 495 g/mol. The van der Waals surface area contributed by atoms with Gasteiger partial charge in [0.2, 0.25) is 5.91 Å². The Morgan fingerprint density at radius 1 is 0.906 bits per heavy atom. The van der Waals surface area contributed by atoms with Gasteiger partial charge in [-0.25, -0.2) is 0 Å². The fourth-order valence-electron chi connectivity index (χ4n) is 3.76. The molecule has 2 aromatic rings. The fraction of sp³-hybridized carbons (Fsp3) is 0.500. The van der Waals surface area contributed by atoms with Crippen LogP contribution < -0.4 is 0 Å². The maximum atomic E-state index is 12.3. The van der Waals surface area contributed by atoms with Crippen LogP contribution in [0.1, 0.15) is 64.5 Å². The van der Waals surface area contributed by atoms with E-state index in [4.69, 9.17) is 27.9 Å². The van der Waals surface area contributed by atoms with Gasteiger partial charge in [0.25, 0.3) is 0 Å². The highest BCUT2D eigenvalue weighted by Gasteiger charge is 2.35. The van der Waals surface area contributed by atoms with Crippen molar-refractivity contribution in [3.05, 3.63) is 70.2 Å². The summed E-state index contributed by atoms with van der Waals surface area (Å²) in [7, 11) is 0. The van der Waals surface area contributed by atoms with Crippen LogP contribution in [0.2, 0.25) is 10.0 Å². The summed E-state index contributed by atoms with van der Waals surface area (Å²) in [5.74, 6) is 0.128. The van der Waals surface area contributed by atoms with E-state index in [1.54, 1.807) is 0 Å². The zero-order chi connectivity index (χ0) is 23.6. The van der Waals surface area contributed by atoms with Gasteiger partial charge in [0.1, 0.15) is 6.61 Å². The highest BCUT2D eigenvalue weighted by atomic mass is 35.5. The molecule has 0 radical (unpaired) electrons. The molecular weight excluding hydrogens is 461 g/mol. The Bertz CT molecular complexity index is 797. The van der Waals surface area contributed by atoms with Crippen molar-refractivity contribution in [3.8, 4) is 0 Å². The van der Waals surface area contributed by atoms with Gasteiger partial charge in [-0.15, -0.1) is 0 Å². The van der Waals surface area contributed by atoms with Crippen LogP contribution in [-0.4, -0.2) is 34.8 Å². The molecule has 1 saturated heterocycles. The van der Waals surface area contributed by atoms with Crippen molar-refractivity contribution in [1.82, 2.24) is 4.90 Å². The minimum absolute atomic E-state index is 0.0385. The molecule has 2 fully saturated rings. The Hall–Kier alpha value is -1.20. The number of nitrogens with zero attached hydrogens (tertiary/aromatic N) is 1. The Labute approximate surface area is 208 Å². The lowest BCUT2D eigenvalue weighted by Gasteiger charge is -2.42. The Morgan fingerprint density at radius 3 is 1.94 bits per heavy atom. The summed E-state index contributed by atoms with van der Waals surface area (Å²) in [5, 5.41) is 1.52. The lowest BCUT2D eigenvalue weighted by Crippen LogP contribution is -2.50. The smallest absolute Gasteiger partial charge is 0.249 e. The van der Waals surface area contributed by atoms with Gasteiger partial charge in [0, 0.05) is 20.8 Å². The summed E-state index contributed by atoms with van der Waals surface area (Å²) in [6.07, 6.45) is 5.98. The molecule has 32 heavy (non-hydrogen) atoms. The Balaban J connectivity index is 0.000000249. The van der Waals surface area contributed by atoms with E-state index in [-0.39, 0.29) is 23.3 Å². The third kappa shape index (κ3) is 10.2. The number of morpholine rings is 1. The predicted molar refractivity (Wildman–Crippen MR) is 139 cm³/mol.